The van der Waals surface area contributed by atoms with E-state index in [1.54, 1.807) is 29.4 Å². The highest BCUT2D eigenvalue weighted by Crippen LogP contribution is 2.26. The first kappa shape index (κ1) is 17.9. The molecule has 3 amide bonds. The Morgan fingerprint density at radius 1 is 0.962 bits per heavy atom. The molecule has 1 aromatic carbocycles. The summed E-state index contributed by atoms with van der Waals surface area (Å²) in [5, 5.41) is 2.83. The Morgan fingerprint density at radius 2 is 1.62 bits per heavy atom. The van der Waals surface area contributed by atoms with Gasteiger partial charge in [-0.1, -0.05) is 30.3 Å². The van der Waals surface area contributed by atoms with Gasteiger partial charge in [-0.25, -0.2) is 4.79 Å². The van der Waals surface area contributed by atoms with Gasteiger partial charge in [0.25, 0.3) is 0 Å². The molecule has 0 saturated carbocycles. The number of urea groups is 1. The van der Waals surface area contributed by atoms with Crippen LogP contribution >= 0.6 is 0 Å². The Bertz CT molecular complexity index is 754. The van der Waals surface area contributed by atoms with Crippen molar-refractivity contribution >= 4 is 17.6 Å². The zero-order valence-corrected chi connectivity index (χ0v) is 15.2. The van der Waals surface area contributed by atoms with E-state index in [2.05, 4.69) is 10.3 Å². The van der Waals surface area contributed by atoms with Crippen LogP contribution < -0.4 is 5.32 Å². The first-order chi connectivity index (χ1) is 12.5. The Labute approximate surface area is 153 Å². The largest absolute Gasteiger partial charge is 0.338 e. The minimum absolute atomic E-state index is 0.0935. The highest BCUT2D eigenvalue weighted by atomic mass is 16.2. The predicted molar refractivity (Wildman–Crippen MR) is 101 cm³/mol. The number of nitrogens with one attached hydrogen (secondary N) is 1. The summed E-state index contributed by atoms with van der Waals surface area (Å²) < 4.78 is 0. The van der Waals surface area contributed by atoms with Crippen molar-refractivity contribution in [3.8, 4) is 0 Å². The van der Waals surface area contributed by atoms with E-state index in [4.69, 9.17) is 0 Å². The molecule has 136 valence electrons. The molecule has 1 aliphatic heterocycles. The van der Waals surface area contributed by atoms with Crippen molar-refractivity contribution in [1.29, 1.82) is 0 Å². The second kappa shape index (κ2) is 7.56. The number of hydrogen-bond donors (Lipinski definition) is 1. The van der Waals surface area contributed by atoms with Gasteiger partial charge in [0.05, 0.1) is 17.3 Å². The van der Waals surface area contributed by atoms with E-state index in [0.29, 0.717) is 31.9 Å². The third-order valence-corrected chi connectivity index (χ3v) is 4.80. The van der Waals surface area contributed by atoms with Crippen LogP contribution in [0.4, 0.5) is 10.5 Å². The first-order valence-corrected chi connectivity index (χ1v) is 8.79. The second-order valence-corrected chi connectivity index (χ2v) is 6.94. The van der Waals surface area contributed by atoms with Crippen LogP contribution in [0, 0.1) is 0 Å². The number of carbonyl (C=O) groups is 2. The molecule has 1 fully saturated rings. The Kier molecular flexibility index (Phi) is 5.21. The van der Waals surface area contributed by atoms with Crippen molar-refractivity contribution in [2.45, 2.75) is 19.3 Å². The SMILES string of the molecule is CC(C)(C(=O)N1CCN(C(=O)Nc2cccnc2)CC1)c1ccccc1. The fraction of sp³-hybridized carbons (Fsp3) is 0.350. The normalized spacial score (nSPS) is 14.8. The summed E-state index contributed by atoms with van der Waals surface area (Å²) >= 11 is 0. The van der Waals surface area contributed by atoms with Gasteiger partial charge in [0.15, 0.2) is 0 Å². The van der Waals surface area contributed by atoms with Gasteiger partial charge in [0.1, 0.15) is 0 Å². The topological polar surface area (TPSA) is 65.5 Å². The van der Waals surface area contributed by atoms with Crippen molar-refractivity contribution in [3.63, 3.8) is 0 Å². The van der Waals surface area contributed by atoms with E-state index in [1.165, 1.54) is 0 Å². The minimum atomic E-state index is -0.582. The lowest BCUT2D eigenvalue weighted by atomic mass is 9.83. The maximum atomic E-state index is 13.0. The molecule has 6 nitrogen and oxygen atoms in total. The quantitative estimate of drug-likeness (QED) is 0.924. The molecule has 1 aromatic heterocycles. The standard InChI is InChI=1S/C20H24N4O2/c1-20(2,16-7-4-3-5-8-16)18(25)23-11-13-24(14-12-23)19(26)22-17-9-6-10-21-15-17/h3-10,15H,11-14H2,1-2H3,(H,22,26). The molecule has 0 aliphatic carbocycles. The Hall–Kier alpha value is -2.89. The average Bonchev–Trinajstić information content (AvgIpc) is 2.69. The highest BCUT2D eigenvalue weighted by Gasteiger charge is 2.35. The third-order valence-electron chi connectivity index (χ3n) is 4.80. The van der Waals surface area contributed by atoms with Crippen LogP contribution in [-0.2, 0) is 10.2 Å². The molecule has 0 atom stereocenters. The molecule has 6 heteroatoms. The number of benzene rings is 1. The number of amides is 3. The van der Waals surface area contributed by atoms with Crippen molar-refractivity contribution in [2.75, 3.05) is 31.5 Å². The summed E-state index contributed by atoms with van der Waals surface area (Å²) in [7, 11) is 0. The van der Waals surface area contributed by atoms with E-state index >= 15 is 0 Å². The lowest BCUT2D eigenvalue weighted by Gasteiger charge is -2.38. The Balaban J connectivity index is 1.58. The molecule has 3 rings (SSSR count). The van der Waals surface area contributed by atoms with Gasteiger partial charge < -0.3 is 15.1 Å². The van der Waals surface area contributed by atoms with E-state index < -0.39 is 5.41 Å². The van der Waals surface area contributed by atoms with Crippen LogP contribution in [0.15, 0.2) is 54.9 Å². The zero-order chi connectivity index (χ0) is 18.6. The van der Waals surface area contributed by atoms with Crippen molar-refractivity contribution in [2.24, 2.45) is 0 Å². The molecule has 0 unspecified atom stereocenters. The van der Waals surface area contributed by atoms with E-state index in [0.717, 1.165) is 5.56 Å². The van der Waals surface area contributed by atoms with Crippen molar-refractivity contribution in [1.82, 2.24) is 14.8 Å². The lowest BCUT2D eigenvalue weighted by Crippen LogP contribution is -2.55. The fourth-order valence-electron chi connectivity index (χ4n) is 3.13. The minimum Gasteiger partial charge on any atom is -0.338 e. The van der Waals surface area contributed by atoms with Crippen LogP contribution in [0.25, 0.3) is 0 Å². The van der Waals surface area contributed by atoms with Crippen LogP contribution in [-0.4, -0.2) is 52.9 Å². The number of carbonyl (C=O) groups excluding carboxylic acids is 2. The monoisotopic (exact) mass is 352 g/mol. The smallest absolute Gasteiger partial charge is 0.322 e. The molecule has 1 saturated heterocycles. The summed E-state index contributed by atoms with van der Waals surface area (Å²) in [5.74, 6) is 0.0935. The van der Waals surface area contributed by atoms with Gasteiger partial charge in [-0.3, -0.25) is 9.78 Å². The Morgan fingerprint density at radius 3 is 2.23 bits per heavy atom. The maximum absolute atomic E-state index is 13.0. The second-order valence-electron chi connectivity index (χ2n) is 6.94. The molecule has 1 N–H and O–H groups in total. The van der Waals surface area contributed by atoms with Gasteiger partial charge in [-0.05, 0) is 31.5 Å². The number of anilines is 1. The molecule has 26 heavy (non-hydrogen) atoms. The van der Waals surface area contributed by atoms with Crippen LogP contribution in [0.3, 0.4) is 0 Å². The number of pyridine rings is 1. The molecule has 0 radical (unpaired) electrons. The van der Waals surface area contributed by atoms with Crippen LogP contribution in [0.2, 0.25) is 0 Å². The molecule has 2 heterocycles. The summed E-state index contributed by atoms with van der Waals surface area (Å²) in [6.07, 6.45) is 3.27. The van der Waals surface area contributed by atoms with Crippen molar-refractivity contribution in [3.05, 3.63) is 60.4 Å². The number of rotatable bonds is 3. The first-order valence-electron chi connectivity index (χ1n) is 8.79. The predicted octanol–water partition coefficient (Wildman–Crippen LogP) is 2.74. The van der Waals surface area contributed by atoms with Gasteiger partial charge >= 0.3 is 6.03 Å². The average molecular weight is 352 g/mol. The van der Waals surface area contributed by atoms with Crippen LogP contribution in [0.1, 0.15) is 19.4 Å². The zero-order valence-electron chi connectivity index (χ0n) is 15.2. The molecular formula is C20H24N4O2. The molecule has 1 aliphatic rings. The van der Waals surface area contributed by atoms with E-state index in [9.17, 15) is 9.59 Å². The lowest BCUT2D eigenvalue weighted by molar-refractivity contribution is -0.137. The van der Waals surface area contributed by atoms with Gasteiger partial charge in [-0.2, -0.15) is 0 Å². The van der Waals surface area contributed by atoms with Crippen molar-refractivity contribution < 1.29 is 9.59 Å². The summed E-state index contributed by atoms with van der Waals surface area (Å²) in [6, 6.07) is 13.2. The number of hydrogen-bond acceptors (Lipinski definition) is 3. The molecule has 0 spiro atoms. The summed E-state index contributed by atoms with van der Waals surface area (Å²) in [6.45, 7) is 6.01. The summed E-state index contributed by atoms with van der Waals surface area (Å²) in [4.78, 5) is 32.9. The molecular weight excluding hydrogens is 328 g/mol. The van der Waals surface area contributed by atoms with E-state index in [-0.39, 0.29) is 11.9 Å². The fourth-order valence-corrected chi connectivity index (χ4v) is 3.13. The molecule has 2 aromatic rings. The number of piperazine rings is 1. The van der Waals surface area contributed by atoms with Gasteiger partial charge in [-0.15, -0.1) is 0 Å². The molecule has 0 bridgehead atoms. The number of aromatic nitrogens is 1. The third kappa shape index (κ3) is 3.85. The maximum Gasteiger partial charge on any atom is 0.322 e. The summed E-state index contributed by atoms with van der Waals surface area (Å²) in [5.41, 5.74) is 1.09. The van der Waals surface area contributed by atoms with Crippen LogP contribution in [0.5, 0.6) is 0 Å². The van der Waals surface area contributed by atoms with Gasteiger partial charge in [0, 0.05) is 32.4 Å². The van der Waals surface area contributed by atoms with E-state index in [1.807, 2.05) is 49.1 Å². The highest BCUT2D eigenvalue weighted by molar-refractivity contribution is 5.90. The number of nitrogens with zero attached hydrogens (tertiary/aromatic N) is 3. The van der Waals surface area contributed by atoms with Gasteiger partial charge in [0.2, 0.25) is 5.91 Å².